The predicted molar refractivity (Wildman–Crippen MR) is 109 cm³/mol. The maximum atomic E-state index is 12.9. The van der Waals surface area contributed by atoms with Gasteiger partial charge < -0.3 is 10.1 Å². The number of hydrogen-bond acceptors (Lipinski definition) is 4. The van der Waals surface area contributed by atoms with Crippen LogP contribution in [0, 0.1) is 0 Å². The number of carbonyl (C=O) groups is 2. The van der Waals surface area contributed by atoms with Crippen LogP contribution >= 0.6 is 15.9 Å². The number of carbonyl (C=O) groups excluding carboxylic acids is 2. The molecule has 0 fully saturated rings. The van der Waals surface area contributed by atoms with Crippen molar-refractivity contribution in [2.75, 3.05) is 6.54 Å². The molecule has 0 aliphatic carbocycles. The summed E-state index contributed by atoms with van der Waals surface area (Å²) in [5, 5.41) is 3.33. The highest BCUT2D eigenvalue weighted by Crippen LogP contribution is 2.30. The third-order valence-corrected chi connectivity index (χ3v) is 5.22. The molecule has 1 N–H and O–H groups in total. The van der Waals surface area contributed by atoms with Crippen LogP contribution in [0.4, 0.5) is 0 Å². The predicted octanol–water partition coefficient (Wildman–Crippen LogP) is 4.40. The van der Waals surface area contributed by atoms with Crippen LogP contribution in [0.2, 0.25) is 0 Å². The third-order valence-electron chi connectivity index (χ3n) is 4.48. The SMILES string of the molecule is CC(C)(C)OC(=O)c1ccc(CC(=O)C2NCCc3c(Br)cccc32)cc1. The Kier molecular flexibility index (Phi) is 5.82. The van der Waals surface area contributed by atoms with Gasteiger partial charge in [0.15, 0.2) is 5.78 Å². The molecule has 1 atom stereocenters. The van der Waals surface area contributed by atoms with Gasteiger partial charge in [-0.3, -0.25) is 4.79 Å². The standard InChI is InChI=1S/C22H24BrNO3/c1-22(2,3)27-21(26)15-9-7-14(8-10-15)13-19(25)20-17-5-4-6-18(23)16(17)11-12-24-20/h4-10,20,24H,11-13H2,1-3H3. The van der Waals surface area contributed by atoms with Gasteiger partial charge in [0.05, 0.1) is 11.6 Å². The smallest absolute Gasteiger partial charge is 0.338 e. The Bertz CT molecular complexity index is 853. The van der Waals surface area contributed by atoms with Crippen molar-refractivity contribution in [2.24, 2.45) is 0 Å². The highest BCUT2D eigenvalue weighted by molar-refractivity contribution is 9.10. The van der Waals surface area contributed by atoms with Crippen molar-refractivity contribution in [3.05, 3.63) is 69.2 Å². The second kappa shape index (κ2) is 7.95. The number of ketones is 1. The minimum absolute atomic E-state index is 0.124. The second-order valence-corrected chi connectivity index (χ2v) is 8.64. The van der Waals surface area contributed by atoms with Crippen LogP contribution in [0.5, 0.6) is 0 Å². The molecule has 0 spiro atoms. The Morgan fingerprint density at radius 2 is 1.85 bits per heavy atom. The summed E-state index contributed by atoms with van der Waals surface area (Å²) in [6.07, 6.45) is 1.23. The number of ether oxygens (including phenoxy) is 1. The van der Waals surface area contributed by atoms with Gasteiger partial charge in [0, 0.05) is 17.4 Å². The molecule has 1 aliphatic heterocycles. The van der Waals surface area contributed by atoms with Gasteiger partial charge >= 0.3 is 5.97 Å². The lowest BCUT2D eigenvalue weighted by atomic mass is 9.90. The van der Waals surface area contributed by atoms with E-state index in [9.17, 15) is 9.59 Å². The number of benzene rings is 2. The van der Waals surface area contributed by atoms with Gasteiger partial charge in [-0.25, -0.2) is 4.79 Å². The van der Waals surface area contributed by atoms with Gasteiger partial charge in [-0.05, 0) is 62.1 Å². The van der Waals surface area contributed by atoms with Crippen LogP contribution in [-0.4, -0.2) is 23.9 Å². The third kappa shape index (κ3) is 4.85. The Balaban J connectivity index is 1.71. The van der Waals surface area contributed by atoms with E-state index in [4.69, 9.17) is 4.74 Å². The van der Waals surface area contributed by atoms with E-state index in [0.717, 1.165) is 28.6 Å². The summed E-state index contributed by atoms with van der Waals surface area (Å²) in [6.45, 7) is 6.30. The molecule has 2 aromatic carbocycles. The first kappa shape index (κ1) is 19.8. The molecule has 0 bridgehead atoms. The molecule has 0 saturated carbocycles. The molecule has 3 rings (SSSR count). The number of halogens is 1. The first-order valence-electron chi connectivity index (χ1n) is 9.10. The van der Waals surface area contributed by atoms with Crippen molar-refractivity contribution >= 4 is 27.7 Å². The maximum Gasteiger partial charge on any atom is 0.338 e. The summed E-state index contributed by atoms with van der Waals surface area (Å²) in [7, 11) is 0. The molecule has 5 heteroatoms. The van der Waals surface area contributed by atoms with E-state index >= 15 is 0 Å². The van der Waals surface area contributed by atoms with Crippen LogP contribution < -0.4 is 5.32 Å². The molecule has 1 aliphatic rings. The Morgan fingerprint density at radius 1 is 1.15 bits per heavy atom. The van der Waals surface area contributed by atoms with Crippen molar-refractivity contribution in [3.63, 3.8) is 0 Å². The summed E-state index contributed by atoms with van der Waals surface area (Å²) in [5.41, 5.74) is 3.10. The fourth-order valence-corrected chi connectivity index (χ4v) is 3.83. The zero-order valence-electron chi connectivity index (χ0n) is 15.8. The molecule has 0 aromatic heterocycles. The molecule has 1 heterocycles. The molecular weight excluding hydrogens is 406 g/mol. The van der Waals surface area contributed by atoms with E-state index in [1.807, 2.05) is 51.1 Å². The molecule has 0 amide bonds. The van der Waals surface area contributed by atoms with Crippen molar-refractivity contribution in [1.82, 2.24) is 5.32 Å². The highest BCUT2D eigenvalue weighted by Gasteiger charge is 2.27. The molecular formula is C22H24BrNO3. The molecule has 0 radical (unpaired) electrons. The van der Waals surface area contributed by atoms with Gasteiger partial charge in [0.2, 0.25) is 0 Å². The van der Waals surface area contributed by atoms with Crippen molar-refractivity contribution < 1.29 is 14.3 Å². The minimum Gasteiger partial charge on any atom is -0.456 e. The number of esters is 1. The largest absolute Gasteiger partial charge is 0.456 e. The normalized spacial score (nSPS) is 16.5. The summed E-state index contributed by atoms with van der Waals surface area (Å²) in [6, 6.07) is 12.8. The van der Waals surface area contributed by atoms with Gasteiger partial charge in [0.1, 0.15) is 5.60 Å². The zero-order chi connectivity index (χ0) is 19.6. The summed E-state index contributed by atoms with van der Waals surface area (Å²) in [5.74, 6) is -0.229. The zero-order valence-corrected chi connectivity index (χ0v) is 17.4. The summed E-state index contributed by atoms with van der Waals surface area (Å²) < 4.78 is 6.43. The Morgan fingerprint density at radius 3 is 2.52 bits per heavy atom. The van der Waals surface area contributed by atoms with Gasteiger partial charge in [-0.1, -0.05) is 40.2 Å². The number of nitrogens with one attached hydrogen (secondary N) is 1. The van der Waals surface area contributed by atoms with E-state index in [1.54, 1.807) is 12.1 Å². The van der Waals surface area contributed by atoms with Crippen molar-refractivity contribution in [3.8, 4) is 0 Å². The minimum atomic E-state index is -0.528. The van der Waals surface area contributed by atoms with E-state index in [0.29, 0.717) is 12.0 Å². The first-order valence-corrected chi connectivity index (χ1v) is 9.89. The average molecular weight is 430 g/mol. The molecule has 2 aromatic rings. The quantitative estimate of drug-likeness (QED) is 0.731. The van der Waals surface area contributed by atoms with E-state index in [-0.39, 0.29) is 17.8 Å². The summed E-state index contributed by atoms with van der Waals surface area (Å²) >= 11 is 3.58. The fraction of sp³-hybridized carbons (Fsp3) is 0.364. The van der Waals surface area contributed by atoms with Crippen LogP contribution in [0.25, 0.3) is 0 Å². The number of Topliss-reactive ketones (excluding diaryl/α,β-unsaturated/α-hetero) is 1. The van der Waals surface area contributed by atoms with Crippen LogP contribution in [0.1, 0.15) is 53.9 Å². The fourth-order valence-electron chi connectivity index (χ4n) is 3.25. The molecule has 0 saturated heterocycles. The second-order valence-electron chi connectivity index (χ2n) is 7.79. The van der Waals surface area contributed by atoms with Gasteiger partial charge in [0.25, 0.3) is 0 Å². The molecule has 27 heavy (non-hydrogen) atoms. The van der Waals surface area contributed by atoms with E-state index < -0.39 is 5.60 Å². The van der Waals surface area contributed by atoms with Crippen LogP contribution in [-0.2, 0) is 22.4 Å². The van der Waals surface area contributed by atoms with Crippen molar-refractivity contribution in [1.29, 1.82) is 0 Å². The summed E-state index contributed by atoms with van der Waals surface area (Å²) in [4.78, 5) is 25.0. The average Bonchev–Trinajstić information content (AvgIpc) is 2.61. The van der Waals surface area contributed by atoms with Crippen molar-refractivity contribution in [2.45, 2.75) is 45.3 Å². The Labute approximate surface area is 168 Å². The lowest BCUT2D eigenvalue weighted by Gasteiger charge is -2.26. The van der Waals surface area contributed by atoms with Crippen LogP contribution in [0.15, 0.2) is 46.9 Å². The van der Waals surface area contributed by atoms with Gasteiger partial charge in [-0.2, -0.15) is 0 Å². The molecule has 1 unspecified atom stereocenters. The van der Waals surface area contributed by atoms with Crippen LogP contribution in [0.3, 0.4) is 0 Å². The number of hydrogen-bond donors (Lipinski definition) is 1. The number of fused-ring (bicyclic) bond motifs is 1. The van der Waals surface area contributed by atoms with E-state index in [1.165, 1.54) is 5.56 Å². The molecule has 4 nitrogen and oxygen atoms in total. The lowest BCUT2D eigenvalue weighted by molar-refractivity contribution is -0.120. The lowest BCUT2D eigenvalue weighted by Crippen LogP contribution is -2.36. The van der Waals surface area contributed by atoms with Gasteiger partial charge in [-0.15, -0.1) is 0 Å². The topological polar surface area (TPSA) is 55.4 Å². The first-order chi connectivity index (χ1) is 12.7. The highest BCUT2D eigenvalue weighted by atomic mass is 79.9. The molecule has 142 valence electrons. The number of rotatable bonds is 4. The maximum absolute atomic E-state index is 12.9. The van der Waals surface area contributed by atoms with E-state index in [2.05, 4.69) is 21.2 Å². The Hall–Kier alpha value is -1.98. The monoisotopic (exact) mass is 429 g/mol.